The molecule has 1 fully saturated rings. The number of benzene rings is 1. The summed E-state index contributed by atoms with van der Waals surface area (Å²) >= 11 is 5.73. The molecule has 0 heterocycles. The first-order chi connectivity index (χ1) is 9.39. The van der Waals surface area contributed by atoms with Crippen molar-refractivity contribution in [3.63, 3.8) is 0 Å². The summed E-state index contributed by atoms with van der Waals surface area (Å²) in [6.45, 7) is 4.59. The second-order valence-corrected chi connectivity index (χ2v) is 7.13. The molecule has 2 N–H and O–H groups in total. The predicted octanol–water partition coefficient (Wildman–Crippen LogP) is 4.96. The summed E-state index contributed by atoms with van der Waals surface area (Å²) < 4.78 is 13.5. The Bertz CT molecular complexity index is 460. The summed E-state index contributed by atoms with van der Waals surface area (Å²) in [6.07, 6.45) is 6.43. The summed E-state index contributed by atoms with van der Waals surface area (Å²) in [4.78, 5) is 0. The zero-order valence-corrected chi connectivity index (χ0v) is 13.2. The zero-order valence-electron chi connectivity index (χ0n) is 12.5. The van der Waals surface area contributed by atoms with Crippen LogP contribution in [0.25, 0.3) is 0 Å². The van der Waals surface area contributed by atoms with Crippen LogP contribution in [0, 0.1) is 17.7 Å². The first-order valence-corrected chi connectivity index (χ1v) is 8.00. The second-order valence-electron chi connectivity index (χ2n) is 6.72. The molecule has 1 nitrogen and oxygen atoms in total. The lowest BCUT2D eigenvalue weighted by atomic mass is 9.83. The smallest absolute Gasteiger partial charge is 0.142 e. The Balaban J connectivity index is 2.05. The maximum atomic E-state index is 13.5. The second kappa shape index (κ2) is 6.44. The van der Waals surface area contributed by atoms with Crippen molar-refractivity contribution in [2.45, 2.75) is 57.9 Å². The molecule has 0 saturated heterocycles. The molecule has 1 aliphatic rings. The van der Waals surface area contributed by atoms with Gasteiger partial charge >= 0.3 is 0 Å². The van der Waals surface area contributed by atoms with Gasteiger partial charge < -0.3 is 5.73 Å². The van der Waals surface area contributed by atoms with Crippen LogP contribution in [0.2, 0.25) is 5.02 Å². The van der Waals surface area contributed by atoms with Crippen molar-refractivity contribution >= 4 is 11.6 Å². The van der Waals surface area contributed by atoms with Crippen molar-refractivity contribution in [3.05, 3.63) is 34.6 Å². The number of halogens is 2. The van der Waals surface area contributed by atoms with Gasteiger partial charge in [0, 0.05) is 5.54 Å². The molecular formula is C17H25ClFN. The Kier molecular flexibility index (Phi) is 5.09. The third-order valence-corrected chi connectivity index (χ3v) is 5.05. The van der Waals surface area contributed by atoms with Crippen molar-refractivity contribution in [1.29, 1.82) is 0 Å². The fraction of sp³-hybridized carbons (Fsp3) is 0.647. The SMILES string of the molecule is CC(C)C1CCCC(N)(Cc2ccc(Cl)c(F)c2)CC1. The lowest BCUT2D eigenvalue weighted by Gasteiger charge is -2.29. The van der Waals surface area contributed by atoms with Crippen LogP contribution >= 0.6 is 11.6 Å². The molecule has 2 atom stereocenters. The van der Waals surface area contributed by atoms with Crippen molar-refractivity contribution in [2.75, 3.05) is 0 Å². The summed E-state index contributed by atoms with van der Waals surface area (Å²) in [6, 6.07) is 5.05. The van der Waals surface area contributed by atoms with Crippen LogP contribution in [-0.4, -0.2) is 5.54 Å². The lowest BCUT2D eigenvalue weighted by molar-refractivity contribution is 0.321. The van der Waals surface area contributed by atoms with Crippen molar-refractivity contribution < 1.29 is 4.39 Å². The minimum Gasteiger partial charge on any atom is -0.325 e. The van der Waals surface area contributed by atoms with Gasteiger partial charge in [0.2, 0.25) is 0 Å². The molecule has 0 radical (unpaired) electrons. The van der Waals surface area contributed by atoms with Gasteiger partial charge in [-0.25, -0.2) is 4.39 Å². The standard InChI is InChI=1S/C17H25ClFN/c1-12(2)14-4-3-8-17(20,9-7-14)11-13-5-6-15(18)16(19)10-13/h5-6,10,12,14H,3-4,7-9,11,20H2,1-2H3. The highest BCUT2D eigenvalue weighted by molar-refractivity contribution is 6.30. The molecule has 1 aromatic carbocycles. The van der Waals surface area contributed by atoms with E-state index >= 15 is 0 Å². The van der Waals surface area contributed by atoms with E-state index < -0.39 is 0 Å². The highest BCUT2D eigenvalue weighted by atomic mass is 35.5. The zero-order chi connectivity index (χ0) is 14.8. The van der Waals surface area contributed by atoms with Gasteiger partial charge in [-0.1, -0.05) is 44.4 Å². The van der Waals surface area contributed by atoms with Gasteiger partial charge in [0.05, 0.1) is 5.02 Å². The Morgan fingerprint density at radius 2 is 2.10 bits per heavy atom. The van der Waals surface area contributed by atoms with Crippen molar-refractivity contribution in [3.8, 4) is 0 Å². The Labute approximate surface area is 126 Å². The highest BCUT2D eigenvalue weighted by Gasteiger charge is 2.30. The lowest BCUT2D eigenvalue weighted by Crippen LogP contribution is -2.41. The third kappa shape index (κ3) is 3.95. The molecule has 0 spiro atoms. The minimum absolute atomic E-state index is 0.181. The van der Waals surface area contributed by atoms with Gasteiger partial charge in [-0.3, -0.25) is 0 Å². The molecule has 0 aromatic heterocycles. The van der Waals surface area contributed by atoms with E-state index in [1.54, 1.807) is 6.07 Å². The van der Waals surface area contributed by atoms with E-state index in [4.69, 9.17) is 17.3 Å². The van der Waals surface area contributed by atoms with Gasteiger partial charge in [-0.2, -0.15) is 0 Å². The van der Waals surface area contributed by atoms with Crippen molar-refractivity contribution in [2.24, 2.45) is 17.6 Å². The maximum Gasteiger partial charge on any atom is 0.142 e. The molecule has 112 valence electrons. The molecule has 20 heavy (non-hydrogen) atoms. The first-order valence-electron chi connectivity index (χ1n) is 7.62. The molecule has 1 aliphatic carbocycles. The van der Waals surface area contributed by atoms with Crippen LogP contribution in [0.4, 0.5) is 4.39 Å². The van der Waals surface area contributed by atoms with Gasteiger partial charge in [0.1, 0.15) is 5.82 Å². The summed E-state index contributed by atoms with van der Waals surface area (Å²) in [5.74, 6) is 1.16. The van der Waals surface area contributed by atoms with E-state index in [2.05, 4.69) is 13.8 Å². The van der Waals surface area contributed by atoms with Crippen LogP contribution in [0.15, 0.2) is 18.2 Å². The van der Waals surface area contributed by atoms with E-state index in [0.29, 0.717) is 0 Å². The fourth-order valence-electron chi connectivity index (χ4n) is 3.36. The third-order valence-electron chi connectivity index (χ3n) is 4.75. The molecule has 0 bridgehead atoms. The van der Waals surface area contributed by atoms with E-state index in [0.717, 1.165) is 36.7 Å². The monoisotopic (exact) mass is 297 g/mol. The van der Waals surface area contributed by atoms with E-state index in [9.17, 15) is 4.39 Å². The van der Waals surface area contributed by atoms with Crippen LogP contribution in [0.1, 0.15) is 51.5 Å². The highest BCUT2D eigenvalue weighted by Crippen LogP contribution is 2.34. The molecule has 3 heteroatoms. The van der Waals surface area contributed by atoms with Gasteiger partial charge in [0.25, 0.3) is 0 Å². The molecule has 0 amide bonds. The molecule has 2 unspecified atom stereocenters. The van der Waals surface area contributed by atoms with E-state index in [-0.39, 0.29) is 16.4 Å². The van der Waals surface area contributed by atoms with Gasteiger partial charge in [-0.05, 0) is 55.2 Å². The summed E-state index contributed by atoms with van der Waals surface area (Å²) in [7, 11) is 0. The Hall–Kier alpha value is -0.600. The molecule has 1 saturated carbocycles. The van der Waals surface area contributed by atoms with E-state index in [1.807, 2.05) is 6.07 Å². The number of hydrogen-bond acceptors (Lipinski definition) is 1. The summed E-state index contributed by atoms with van der Waals surface area (Å²) in [5.41, 5.74) is 7.35. The maximum absolute atomic E-state index is 13.5. The van der Waals surface area contributed by atoms with Crippen molar-refractivity contribution in [1.82, 2.24) is 0 Å². The molecule has 0 aliphatic heterocycles. The Morgan fingerprint density at radius 1 is 1.35 bits per heavy atom. The quantitative estimate of drug-likeness (QED) is 0.784. The number of hydrogen-bond donors (Lipinski definition) is 1. The van der Waals surface area contributed by atoms with Crippen LogP contribution in [0.5, 0.6) is 0 Å². The van der Waals surface area contributed by atoms with Crippen LogP contribution in [0.3, 0.4) is 0 Å². The summed E-state index contributed by atoms with van der Waals surface area (Å²) in [5, 5.41) is 0.181. The number of nitrogens with two attached hydrogens (primary N) is 1. The normalized spacial score (nSPS) is 27.6. The van der Waals surface area contributed by atoms with Gasteiger partial charge in [-0.15, -0.1) is 0 Å². The Morgan fingerprint density at radius 3 is 2.75 bits per heavy atom. The van der Waals surface area contributed by atoms with Crippen LogP contribution in [-0.2, 0) is 6.42 Å². The molecule has 2 rings (SSSR count). The van der Waals surface area contributed by atoms with Crippen LogP contribution < -0.4 is 5.73 Å². The minimum atomic E-state index is -0.346. The largest absolute Gasteiger partial charge is 0.325 e. The molecular weight excluding hydrogens is 273 g/mol. The molecule has 1 aromatic rings. The average Bonchev–Trinajstić information content (AvgIpc) is 2.56. The topological polar surface area (TPSA) is 26.0 Å². The first kappa shape index (κ1) is 15.8. The fourth-order valence-corrected chi connectivity index (χ4v) is 3.48. The van der Waals surface area contributed by atoms with E-state index in [1.165, 1.54) is 25.3 Å². The number of rotatable bonds is 3. The predicted molar refractivity (Wildman–Crippen MR) is 83.4 cm³/mol. The van der Waals surface area contributed by atoms with Gasteiger partial charge in [0.15, 0.2) is 0 Å². The average molecular weight is 298 g/mol.